The largest absolute Gasteiger partial charge is 0.493 e. The molecule has 3 rings (SSSR count). The van der Waals surface area contributed by atoms with Crippen LogP contribution in [0.1, 0.15) is 76.6 Å². The van der Waals surface area contributed by atoms with Gasteiger partial charge >= 0.3 is 0 Å². The summed E-state index contributed by atoms with van der Waals surface area (Å²) in [4.78, 5) is 0. The topological polar surface area (TPSA) is 42.5 Å². The Morgan fingerprint density at radius 1 is 0.625 bits per heavy atom. The normalized spacial score (nSPS) is 16.9. The van der Waals surface area contributed by atoms with E-state index in [0.717, 1.165) is 50.5 Å². The van der Waals surface area contributed by atoms with Crippen molar-refractivity contribution in [1.29, 1.82) is 0 Å². The van der Waals surface area contributed by atoms with Crippen molar-refractivity contribution < 1.29 is 9.47 Å². The van der Waals surface area contributed by atoms with Crippen LogP contribution in [0.3, 0.4) is 0 Å². The van der Waals surface area contributed by atoms with E-state index in [2.05, 4.69) is 88.6 Å². The first-order valence-electron chi connectivity index (χ1n) is 12.1. The van der Waals surface area contributed by atoms with Gasteiger partial charge in [0.05, 0.1) is 13.2 Å². The Bertz CT molecular complexity index is 806. The predicted molar refractivity (Wildman–Crippen MR) is 134 cm³/mol. The average molecular weight is 439 g/mol. The maximum absolute atomic E-state index is 6.18. The lowest BCUT2D eigenvalue weighted by atomic mass is 9.86. The monoisotopic (exact) mass is 438 g/mol. The van der Waals surface area contributed by atoms with E-state index in [1.165, 1.54) is 22.3 Å². The molecule has 0 saturated heterocycles. The van der Waals surface area contributed by atoms with E-state index in [4.69, 9.17) is 9.47 Å². The van der Waals surface area contributed by atoms with Gasteiger partial charge in [0, 0.05) is 30.6 Å². The van der Waals surface area contributed by atoms with Gasteiger partial charge in [-0.05, 0) is 53.6 Å². The summed E-state index contributed by atoms with van der Waals surface area (Å²) in [6, 6.07) is 13.2. The van der Waals surface area contributed by atoms with Gasteiger partial charge in [-0.2, -0.15) is 0 Å². The van der Waals surface area contributed by atoms with E-state index >= 15 is 0 Å². The van der Waals surface area contributed by atoms with E-state index < -0.39 is 0 Å². The fourth-order valence-electron chi connectivity index (χ4n) is 3.86. The van der Waals surface area contributed by atoms with Crippen molar-refractivity contribution >= 4 is 0 Å². The highest BCUT2D eigenvalue weighted by atomic mass is 16.5. The summed E-state index contributed by atoms with van der Waals surface area (Å²) in [6.07, 6.45) is 1.92. The van der Waals surface area contributed by atoms with Gasteiger partial charge < -0.3 is 20.1 Å². The second-order valence-corrected chi connectivity index (χ2v) is 10.9. The zero-order valence-electron chi connectivity index (χ0n) is 20.9. The van der Waals surface area contributed by atoms with Crippen molar-refractivity contribution in [2.24, 2.45) is 0 Å². The summed E-state index contributed by atoms with van der Waals surface area (Å²) < 4.78 is 12.4. The van der Waals surface area contributed by atoms with Crippen molar-refractivity contribution in [1.82, 2.24) is 10.6 Å². The summed E-state index contributed by atoms with van der Waals surface area (Å²) >= 11 is 0. The van der Waals surface area contributed by atoms with E-state index in [9.17, 15) is 0 Å². The number of nitrogens with one attached hydrogen (secondary N) is 2. The van der Waals surface area contributed by atoms with Crippen LogP contribution in [0.25, 0.3) is 0 Å². The summed E-state index contributed by atoms with van der Waals surface area (Å²) in [5.74, 6) is 1.96. The molecule has 0 fully saturated rings. The Balaban J connectivity index is 1.72. The molecule has 0 spiro atoms. The third-order valence-electron chi connectivity index (χ3n) is 5.99. The molecule has 0 aromatic heterocycles. The van der Waals surface area contributed by atoms with Crippen LogP contribution in [0, 0.1) is 0 Å². The molecule has 2 N–H and O–H groups in total. The molecule has 0 saturated carbocycles. The van der Waals surface area contributed by atoms with Gasteiger partial charge in [0.1, 0.15) is 11.5 Å². The van der Waals surface area contributed by atoms with Crippen LogP contribution >= 0.6 is 0 Å². The van der Waals surface area contributed by atoms with Gasteiger partial charge in [-0.15, -0.1) is 0 Å². The number of hydrogen-bond donors (Lipinski definition) is 2. The van der Waals surface area contributed by atoms with Crippen molar-refractivity contribution in [2.45, 2.75) is 78.3 Å². The minimum atomic E-state index is 0.127. The van der Waals surface area contributed by atoms with Crippen molar-refractivity contribution in [3.05, 3.63) is 58.7 Å². The predicted octanol–water partition coefficient (Wildman–Crippen LogP) is 5.71. The smallest absolute Gasteiger partial charge is 0.123 e. The fourth-order valence-corrected chi connectivity index (χ4v) is 3.86. The molecule has 0 atom stereocenters. The zero-order valence-corrected chi connectivity index (χ0v) is 20.9. The van der Waals surface area contributed by atoms with Crippen molar-refractivity contribution in [3.63, 3.8) is 0 Å². The first-order chi connectivity index (χ1) is 15.1. The van der Waals surface area contributed by atoms with Crippen LogP contribution in [0.2, 0.25) is 0 Å². The molecular formula is C28H42N2O2. The van der Waals surface area contributed by atoms with Gasteiger partial charge in [0.15, 0.2) is 0 Å². The highest BCUT2D eigenvalue weighted by molar-refractivity contribution is 5.40. The molecule has 0 bridgehead atoms. The van der Waals surface area contributed by atoms with Gasteiger partial charge in [-0.25, -0.2) is 0 Å². The molecule has 0 aliphatic carbocycles. The molecule has 2 aromatic rings. The Kier molecular flexibility index (Phi) is 8.24. The minimum absolute atomic E-state index is 0.127. The highest BCUT2D eigenvalue weighted by Crippen LogP contribution is 2.29. The molecule has 0 amide bonds. The lowest BCUT2D eigenvalue weighted by Crippen LogP contribution is -2.23. The van der Waals surface area contributed by atoms with E-state index in [1.54, 1.807) is 0 Å². The van der Waals surface area contributed by atoms with Crippen LogP contribution in [0.4, 0.5) is 0 Å². The summed E-state index contributed by atoms with van der Waals surface area (Å²) in [7, 11) is 0. The van der Waals surface area contributed by atoms with Crippen LogP contribution < -0.4 is 20.1 Å². The maximum atomic E-state index is 6.18. The summed E-state index contributed by atoms with van der Waals surface area (Å²) in [5.41, 5.74) is 5.40. The maximum Gasteiger partial charge on any atom is 0.123 e. The molecule has 0 radical (unpaired) electrons. The van der Waals surface area contributed by atoms with Crippen LogP contribution in [-0.2, 0) is 23.9 Å². The van der Waals surface area contributed by atoms with Crippen molar-refractivity contribution in [3.8, 4) is 11.5 Å². The zero-order chi connectivity index (χ0) is 23.2. The Morgan fingerprint density at radius 3 is 1.47 bits per heavy atom. The quantitative estimate of drug-likeness (QED) is 0.553. The molecule has 1 aliphatic heterocycles. The Morgan fingerprint density at radius 2 is 1.06 bits per heavy atom. The molecule has 4 nitrogen and oxygen atoms in total. The van der Waals surface area contributed by atoms with Crippen LogP contribution in [0.15, 0.2) is 36.4 Å². The number of hydrogen-bond acceptors (Lipinski definition) is 4. The van der Waals surface area contributed by atoms with Gasteiger partial charge in [-0.3, -0.25) is 0 Å². The number of rotatable bonds is 0. The third-order valence-corrected chi connectivity index (χ3v) is 5.99. The second-order valence-electron chi connectivity index (χ2n) is 10.9. The molecule has 4 heteroatoms. The fraction of sp³-hybridized carbons (Fsp3) is 0.571. The highest BCUT2D eigenvalue weighted by Gasteiger charge is 2.17. The van der Waals surface area contributed by atoms with Gasteiger partial charge in [0.2, 0.25) is 0 Å². The molecule has 2 aromatic carbocycles. The lowest BCUT2D eigenvalue weighted by molar-refractivity contribution is 0.244. The number of fused-ring (bicyclic) bond motifs is 2. The first-order valence-corrected chi connectivity index (χ1v) is 12.1. The second kappa shape index (κ2) is 10.7. The minimum Gasteiger partial charge on any atom is -0.493 e. The van der Waals surface area contributed by atoms with Crippen LogP contribution in [0.5, 0.6) is 11.5 Å². The molecule has 1 aliphatic rings. The SMILES string of the molecule is CC(C)(C)c1ccc2c(c1)CNCCCNCc1cc(C(C)(C)C)ccc1OCCCO2. The molecular weight excluding hydrogens is 396 g/mol. The van der Waals surface area contributed by atoms with E-state index in [-0.39, 0.29) is 10.8 Å². The Labute approximate surface area is 195 Å². The number of benzene rings is 2. The average Bonchev–Trinajstić information content (AvgIpc) is 2.71. The van der Waals surface area contributed by atoms with Crippen LogP contribution in [-0.4, -0.2) is 26.3 Å². The number of ether oxygens (including phenoxy) is 2. The molecule has 1 heterocycles. The molecule has 32 heavy (non-hydrogen) atoms. The summed E-state index contributed by atoms with van der Waals surface area (Å²) in [6.45, 7) is 18.4. The van der Waals surface area contributed by atoms with Crippen molar-refractivity contribution in [2.75, 3.05) is 26.3 Å². The molecule has 176 valence electrons. The van der Waals surface area contributed by atoms with E-state index in [0.29, 0.717) is 13.2 Å². The molecule has 0 unspecified atom stereocenters. The summed E-state index contributed by atoms with van der Waals surface area (Å²) in [5, 5.41) is 7.21. The third kappa shape index (κ3) is 6.98. The Hall–Kier alpha value is -2.04. The lowest BCUT2D eigenvalue weighted by Gasteiger charge is -2.23. The van der Waals surface area contributed by atoms with E-state index in [1.807, 2.05) is 0 Å². The first kappa shape index (κ1) is 24.6. The standard InChI is InChI=1S/C28H42N2O2/c1-27(2,3)23-9-11-25-21(17-23)19-29-13-7-14-30-20-22-18-24(28(4,5)6)10-12-26(22)32-16-8-15-31-25/h9-12,17-18,29-30H,7-8,13-16,19-20H2,1-6H3. The van der Waals surface area contributed by atoms with Gasteiger partial charge in [0.25, 0.3) is 0 Å². The van der Waals surface area contributed by atoms with Gasteiger partial charge in [-0.1, -0.05) is 65.8 Å².